The second-order valence-electron chi connectivity index (χ2n) is 3.85. The summed E-state index contributed by atoms with van der Waals surface area (Å²) in [5.41, 5.74) is 1.33. The van der Waals surface area contributed by atoms with Crippen molar-refractivity contribution < 1.29 is 14.3 Å². The predicted octanol–water partition coefficient (Wildman–Crippen LogP) is 0.525. The van der Waals surface area contributed by atoms with Gasteiger partial charge in [0.05, 0.1) is 18.8 Å². The van der Waals surface area contributed by atoms with Crippen molar-refractivity contribution in [2.75, 3.05) is 26.3 Å². The van der Waals surface area contributed by atoms with Gasteiger partial charge in [0, 0.05) is 25.2 Å². The molecule has 0 bridgehead atoms. The molecule has 1 aliphatic heterocycles. The van der Waals surface area contributed by atoms with Gasteiger partial charge in [0.15, 0.2) is 12.1 Å². The highest BCUT2D eigenvalue weighted by Crippen LogP contribution is 2.24. The van der Waals surface area contributed by atoms with Gasteiger partial charge in [0.2, 0.25) is 0 Å². The van der Waals surface area contributed by atoms with Gasteiger partial charge in [0.1, 0.15) is 0 Å². The Balaban J connectivity index is 2.22. The van der Waals surface area contributed by atoms with Gasteiger partial charge in [-0.2, -0.15) is 0 Å². The van der Waals surface area contributed by atoms with Crippen LogP contribution in [0, 0.1) is 0 Å². The lowest BCUT2D eigenvalue weighted by atomic mass is 9.95. The summed E-state index contributed by atoms with van der Waals surface area (Å²) in [6.45, 7) is 2.95. The zero-order chi connectivity index (χ0) is 10.7. The maximum absolute atomic E-state index is 11.5. The molecule has 4 heteroatoms. The highest BCUT2D eigenvalue weighted by molar-refractivity contribution is 6.12. The van der Waals surface area contributed by atoms with Crippen molar-refractivity contribution in [1.82, 2.24) is 4.90 Å². The molecule has 0 spiro atoms. The smallest absolute Gasteiger partial charge is 0.167 e. The summed E-state index contributed by atoms with van der Waals surface area (Å²) in [5, 5.41) is 0. The fourth-order valence-electron chi connectivity index (χ4n) is 2.14. The van der Waals surface area contributed by atoms with Crippen molar-refractivity contribution in [2.45, 2.75) is 19.3 Å². The van der Waals surface area contributed by atoms with E-state index >= 15 is 0 Å². The maximum Gasteiger partial charge on any atom is 0.167 e. The first-order valence-corrected chi connectivity index (χ1v) is 5.37. The van der Waals surface area contributed by atoms with Crippen LogP contribution in [0.3, 0.4) is 0 Å². The molecule has 0 unspecified atom stereocenters. The zero-order valence-electron chi connectivity index (χ0n) is 8.70. The number of morpholine rings is 1. The van der Waals surface area contributed by atoms with E-state index in [-0.39, 0.29) is 5.78 Å². The topological polar surface area (TPSA) is 46.6 Å². The summed E-state index contributed by atoms with van der Waals surface area (Å²) >= 11 is 0. The van der Waals surface area contributed by atoms with Crippen LogP contribution in [0.15, 0.2) is 11.3 Å². The maximum atomic E-state index is 11.5. The molecule has 2 aliphatic rings. The molecular formula is C11H15NO3. The highest BCUT2D eigenvalue weighted by Gasteiger charge is 2.24. The van der Waals surface area contributed by atoms with Gasteiger partial charge in [-0.1, -0.05) is 0 Å². The first kappa shape index (κ1) is 10.4. The Bertz CT molecular complexity index is 303. The zero-order valence-corrected chi connectivity index (χ0v) is 8.70. The number of carbonyl (C=O) groups is 2. The number of hydrogen-bond acceptors (Lipinski definition) is 4. The first-order valence-electron chi connectivity index (χ1n) is 5.37. The van der Waals surface area contributed by atoms with E-state index in [4.69, 9.17) is 4.74 Å². The molecule has 1 aliphatic carbocycles. The predicted molar refractivity (Wildman–Crippen MR) is 54.3 cm³/mol. The Morgan fingerprint density at radius 2 is 1.93 bits per heavy atom. The van der Waals surface area contributed by atoms with E-state index in [1.807, 2.05) is 0 Å². The van der Waals surface area contributed by atoms with E-state index in [0.717, 1.165) is 31.6 Å². The van der Waals surface area contributed by atoms with E-state index in [1.165, 1.54) is 0 Å². The first-order chi connectivity index (χ1) is 7.33. The molecule has 0 saturated carbocycles. The van der Waals surface area contributed by atoms with Crippen molar-refractivity contribution in [3.05, 3.63) is 11.3 Å². The van der Waals surface area contributed by atoms with Crippen molar-refractivity contribution in [3.8, 4) is 0 Å². The molecule has 1 heterocycles. The molecule has 0 N–H and O–H groups in total. The number of rotatable bonds is 2. The van der Waals surface area contributed by atoms with Gasteiger partial charge in [-0.05, 0) is 12.8 Å². The summed E-state index contributed by atoms with van der Waals surface area (Å²) in [4.78, 5) is 24.5. The Morgan fingerprint density at radius 1 is 1.20 bits per heavy atom. The molecule has 2 rings (SSSR count). The lowest BCUT2D eigenvalue weighted by Gasteiger charge is -2.33. The molecule has 0 radical (unpaired) electrons. The van der Waals surface area contributed by atoms with Crippen molar-refractivity contribution in [1.29, 1.82) is 0 Å². The normalized spacial score (nSPS) is 23.2. The van der Waals surface area contributed by atoms with Crippen LogP contribution >= 0.6 is 0 Å². The molecule has 0 aromatic carbocycles. The minimum Gasteiger partial charge on any atom is -0.378 e. The van der Waals surface area contributed by atoms with Crippen LogP contribution in [0.5, 0.6) is 0 Å². The number of carbonyl (C=O) groups excluding carboxylic acids is 2. The molecule has 1 saturated heterocycles. The van der Waals surface area contributed by atoms with Crippen LogP contribution in [-0.4, -0.2) is 43.3 Å². The van der Waals surface area contributed by atoms with Gasteiger partial charge in [0.25, 0.3) is 0 Å². The number of aldehydes is 1. The molecule has 0 atom stereocenters. The van der Waals surface area contributed by atoms with Crippen molar-refractivity contribution in [3.63, 3.8) is 0 Å². The van der Waals surface area contributed by atoms with Crippen LogP contribution in [0.2, 0.25) is 0 Å². The average molecular weight is 209 g/mol. The van der Waals surface area contributed by atoms with E-state index < -0.39 is 0 Å². The second kappa shape index (κ2) is 4.57. The number of hydrogen-bond donors (Lipinski definition) is 0. The lowest BCUT2D eigenvalue weighted by molar-refractivity contribution is -0.118. The summed E-state index contributed by atoms with van der Waals surface area (Å²) in [5.74, 6) is -0.00209. The van der Waals surface area contributed by atoms with Crippen LogP contribution in [0.1, 0.15) is 19.3 Å². The SMILES string of the molecule is O=CC1=C(N2CCOCC2)CCCC1=O. The van der Waals surface area contributed by atoms with E-state index in [2.05, 4.69) is 4.90 Å². The van der Waals surface area contributed by atoms with E-state index in [0.29, 0.717) is 31.5 Å². The summed E-state index contributed by atoms with van der Waals surface area (Å²) in [7, 11) is 0. The number of Topliss-reactive ketones (excluding diaryl/α,β-unsaturated/α-hetero) is 1. The lowest BCUT2D eigenvalue weighted by Crippen LogP contribution is -2.38. The van der Waals surface area contributed by atoms with Gasteiger partial charge in [-0.25, -0.2) is 0 Å². The summed E-state index contributed by atoms with van der Waals surface area (Å²) in [6.07, 6.45) is 2.94. The third-order valence-electron chi connectivity index (χ3n) is 2.94. The molecular weight excluding hydrogens is 194 g/mol. The fraction of sp³-hybridized carbons (Fsp3) is 0.636. The molecule has 15 heavy (non-hydrogen) atoms. The minimum absolute atomic E-state index is 0.00209. The molecule has 0 aromatic heterocycles. The van der Waals surface area contributed by atoms with Gasteiger partial charge in [-0.15, -0.1) is 0 Å². The van der Waals surface area contributed by atoms with Crippen molar-refractivity contribution in [2.24, 2.45) is 0 Å². The summed E-state index contributed by atoms with van der Waals surface area (Å²) < 4.78 is 5.25. The summed E-state index contributed by atoms with van der Waals surface area (Å²) in [6, 6.07) is 0. The monoisotopic (exact) mass is 209 g/mol. The average Bonchev–Trinajstić information content (AvgIpc) is 2.30. The standard InChI is InChI=1S/C11H15NO3/c13-8-9-10(2-1-3-11(9)14)12-4-6-15-7-5-12/h8H,1-7H2. The second-order valence-corrected chi connectivity index (χ2v) is 3.85. The van der Waals surface area contributed by atoms with Crippen molar-refractivity contribution >= 4 is 12.1 Å². The highest BCUT2D eigenvalue weighted by atomic mass is 16.5. The number of nitrogens with zero attached hydrogens (tertiary/aromatic N) is 1. The Labute approximate surface area is 88.9 Å². The van der Waals surface area contributed by atoms with E-state index in [9.17, 15) is 9.59 Å². The van der Waals surface area contributed by atoms with Crippen LogP contribution in [0.4, 0.5) is 0 Å². The molecule has 4 nitrogen and oxygen atoms in total. The third-order valence-corrected chi connectivity index (χ3v) is 2.94. The molecule has 1 fully saturated rings. The van der Waals surface area contributed by atoms with Gasteiger partial charge < -0.3 is 9.64 Å². The Morgan fingerprint density at radius 3 is 2.60 bits per heavy atom. The largest absolute Gasteiger partial charge is 0.378 e. The number of ketones is 1. The minimum atomic E-state index is -0.00209. The van der Waals surface area contributed by atoms with E-state index in [1.54, 1.807) is 0 Å². The Hall–Kier alpha value is -1.16. The fourth-order valence-corrected chi connectivity index (χ4v) is 2.14. The number of allylic oxidation sites excluding steroid dienone is 2. The van der Waals surface area contributed by atoms with Crippen LogP contribution in [0.25, 0.3) is 0 Å². The molecule has 0 amide bonds. The Kier molecular flexibility index (Phi) is 3.16. The molecule has 82 valence electrons. The number of ether oxygens (including phenoxy) is 1. The van der Waals surface area contributed by atoms with Gasteiger partial charge in [-0.3, -0.25) is 9.59 Å². The third kappa shape index (κ3) is 2.09. The van der Waals surface area contributed by atoms with Gasteiger partial charge >= 0.3 is 0 Å². The van der Waals surface area contributed by atoms with Crippen LogP contribution in [-0.2, 0) is 14.3 Å². The quantitative estimate of drug-likeness (QED) is 0.491. The molecule has 0 aromatic rings. The van der Waals surface area contributed by atoms with Crippen LogP contribution < -0.4 is 0 Å².